The molecule has 2 aromatic carbocycles. The van der Waals surface area contributed by atoms with Crippen LogP contribution in [0.15, 0.2) is 161 Å². The Balaban J connectivity index is 0.000000181. The average molecular weight is 2140 g/mol. The number of aromatic nitrogens is 9. The van der Waals surface area contributed by atoms with Crippen molar-refractivity contribution >= 4 is 89.2 Å². The van der Waals surface area contributed by atoms with Crippen molar-refractivity contribution in [2.24, 2.45) is 36.4 Å². The van der Waals surface area contributed by atoms with Crippen molar-refractivity contribution in [2.75, 3.05) is 61.3 Å². The van der Waals surface area contributed by atoms with Gasteiger partial charge in [0.2, 0.25) is 25.5 Å². The summed E-state index contributed by atoms with van der Waals surface area (Å²) in [5.74, 6) is -3.69. The van der Waals surface area contributed by atoms with Crippen LogP contribution in [0.25, 0.3) is 0 Å². The zero-order chi connectivity index (χ0) is 101. The molecule has 0 bridgehead atoms. The molecule has 0 unspecified atom stereocenters. The van der Waals surface area contributed by atoms with Crippen LogP contribution in [-0.2, 0) is 77.3 Å². The molecule has 0 spiro atoms. The number of pyridine rings is 5. The molecule has 9 aromatic rings. The zero-order valence-electron chi connectivity index (χ0n) is 74.5. The normalized spacial score (nSPS) is 24.7. The van der Waals surface area contributed by atoms with Crippen molar-refractivity contribution in [2.45, 2.75) is 177 Å². The van der Waals surface area contributed by atoms with E-state index in [0.717, 1.165) is 71.3 Å². The molecule has 5 aliphatic heterocycles. The Morgan fingerprint density at radius 3 is 1.10 bits per heavy atom. The molecule has 48 heteroatoms. The van der Waals surface area contributed by atoms with E-state index in [4.69, 9.17) is 44.6 Å². The molecule has 0 amide bonds. The SMILES string of the molecule is CC1=N[C@](C)(c2nc(Br)ccc2F)[C@@H](F)[C@@H](CF)O1.CC1=N[C@](C)(c2nc(CC(=O)c3cnc(OCF)cn3)ccc2F)[C@@H](F)[C@@H](CF)O1.COc1ccc(CN(Cc2ccc(C)cc2OC)C2=N[C@](C)(c3nc(Br)ccc3F)[C@@H](F)[C@@H](CF)O2)c(C)c1.C[C@]1(c2nc(Br)ccc2F)N=C(N)O[C@H](CF)[C@@H]1F.C[C@]1(c2nc(CC(=O)c3cnc(OCF)cn3)ccc2F)N=C(N)O[C@H](CF)[C@@H]1F. The van der Waals surface area contributed by atoms with Crippen LogP contribution in [0.1, 0.15) is 132 Å². The van der Waals surface area contributed by atoms with Crippen LogP contribution < -0.4 is 30.4 Å². The third kappa shape index (κ3) is 24.9. The number of nitrogens with zero attached hydrogens (tertiary/aromatic N) is 15. The van der Waals surface area contributed by atoms with Gasteiger partial charge in [-0.2, -0.15) is 0 Å². The number of carbonyl (C=O) groups is 2. The van der Waals surface area contributed by atoms with Gasteiger partial charge in [0.15, 0.2) is 84.7 Å². The minimum atomic E-state index is -2.07. The Morgan fingerprint density at radius 1 is 0.409 bits per heavy atom. The molecule has 5 aliphatic rings. The number of hydrogen-bond acceptors (Lipinski definition) is 28. The Labute approximate surface area is 798 Å². The first-order valence-corrected chi connectivity index (χ1v) is 43.5. The van der Waals surface area contributed by atoms with Crippen LogP contribution in [0.4, 0.5) is 74.6 Å². The summed E-state index contributed by atoms with van der Waals surface area (Å²) in [5.41, 5.74) is 4.28. The van der Waals surface area contributed by atoms with E-state index in [1.165, 1.54) is 84.9 Å². The van der Waals surface area contributed by atoms with Gasteiger partial charge in [-0.25, -0.2) is 134 Å². The van der Waals surface area contributed by atoms with E-state index in [-0.39, 0.29) is 107 Å². The average Bonchev–Trinajstić information content (AvgIpc) is 0.747. The maximum atomic E-state index is 15.7. The molecule has 0 radical (unpaired) electrons. The van der Waals surface area contributed by atoms with Gasteiger partial charge in [-0.05, 0) is 192 Å². The Morgan fingerprint density at radius 2 is 0.752 bits per heavy atom. The second kappa shape index (κ2) is 46.4. The summed E-state index contributed by atoms with van der Waals surface area (Å²) in [6.45, 7) is 6.15. The molecule has 0 saturated carbocycles. The quantitative estimate of drug-likeness (QED) is 0.0289. The summed E-state index contributed by atoms with van der Waals surface area (Å²) in [6, 6.07) is 22.7. The van der Waals surface area contributed by atoms with Crippen molar-refractivity contribution in [3.8, 4) is 23.3 Å². The summed E-state index contributed by atoms with van der Waals surface area (Å²) < 4.78 is 282. The number of alkyl halides is 12. The predicted molar refractivity (Wildman–Crippen MR) is 475 cm³/mol. The number of hydrogen-bond donors (Lipinski definition) is 2. The number of aliphatic imine (C=N–C) groups is 5. The number of Topliss-reactive ketones (excluding diaryl/α,β-unsaturated/α-hetero) is 2. The molecular formula is C89H89Br3F17N17O11. The van der Waals surface area contributed by atoms with E-state index in [9.17, 15) is 79.8 Å². The van der Waals surface area contributed by atoms with Crippen molar-refractivity contribution in [3.63, 3.8) is 0 Å². The summed E-state index contributed by atoms with van der Waals surface area (Å²) in [5, 5.41) is 0. The van der Waals surface area contributed by atoms with E-state index in [0.29, 0.717) is 25.3 Å². The van der Waals surface area contributed by atoms with Crippen LogP contribution in [0.5, 0.6) is 23.3 Å². The van der Waals surface area contributed by atoms with Gasteiger partial charge in [-0.3, -0.25) is 19.6 Å². The fraction of sp³-hybridized carbons (Fsp3) is 0.416. The molecule has 736 valence electrons. The second-order valence-electron chi connectivity index (χ2n) is 31.7. The summed E-state index contributed by atoms with van der Waals surface area (Å²) in [7, 11) is 3.17. The molecule has 0 saturated heterocycles. The first-order valence-electron chi connectivity index (χ1n) is 41.1. The van der Waals surface area contributed by atoms with Crippen LogP contribution >= 0.6 is 47.8 Å². The lowest BCUT2D eigenvalue weighted by molar-refractivity contribution is -0.0114. The Bertz CT molecular complexity index is 5690. The summed E-state index contributed by atoms with van der Waals surface area (Å²) in [4.78, 5) is 82.0. The maximum Gasteiger partial charge on any atom is 0.289 e. The smallest absolute Gasteiger partial charge is 0.289 e. The molecule has 0 fully saturated rings. The number of halogens is 20. The molecule has 4 N–H and O–H groups in total. The van der Waals surface area contributed by atoms with E-state index in [1.54, 1.807) is 19.1 Å². The Hall–Kier alpha value is -12.1. The monoisotopic (exact) mass is 2130 g/mol. The lowest BCUT2D eigenvalue weighted by Crippen LogP contribution is -2.52. The van der Waals surface area contributed by atoms with Gasteiger partial charge in [0.1, 0.15) is 155 Å². The minimum Gasteiger partial charge on any atom is -0.497 e. The van der Waals surface area contributed by atoms with Gasteiger partial charge in [-0.15, -0.1) is 0 Å². The lowest BCUT2D eigenvalue weighted by atomic mass is 9.87. The minimum absolute atomic E-state index is 0.00240. The van der Waals surface area contributed by atoms with Crippen molar-refractivity contribution in [1.82, 2.24) is 49.8 Å². The fourth-order valence-corrected chi connectivity index (χ4v) is 15.7. The third-order valence-corrected chi connectivity index (χ3v) is 23.2. The van der Waals surface area contributed by atoms with Gasteiger partial charge in [-0.1, -0.05) is 18.2 Å². The number of methoxy groups -OCH3 is 2. The van der Waals surface area contributed by atoms with E-state index < -0.39 is 189 Å². The number of nitrogens with two attached hydrogens (primary N) is 2. The van der Waals surface area contributed by atoms with Gasteiger partial charge >= 0.3 is 0 Å². The molecule has 12 heterocycles. The van der Waals surface area contributed by atoms with Crippen LogP contribution in [0, 0.1) is 42.9 Å². The van der Waals surface area contributed by atoms with Crippen molar-refractivity contribution in [3.05, 3.63) is 238 Å². The number of aryl methyl sites for hydroxylation is 2. The highest BCUT2D eigenvalue weighted by atomic mass is 79.9. The first kappa shape index (κ1) is 107. The van der Waals surface area contributed by atoms with Crippen LogP contribution in [-0.4, -0.2) is 214 Å². The maximum absolute atomic E-state index is 15.7. The topological polar surface area (TPSA) is 350 Å². The van der Waals surface area contributed by atoms with Crippen LogP contribution in [0.3, 0.4) is 0 Å². The molecule has 0 aliphatic carbocycles. The highest BCUT2D eigenvalue weighted by Crippen LogP contribution is 2.45. The van der Waals surface area contributed by atoms with E-state index in [2.05, 4.69) is 127 Å². The number of benzene rings is 2. The van der Waals surface area contributed by atoms with Crippen molar-refractivity contribution in [1.29, 1.82) is 0 Å². The highest BCUT2D eigenvalue weighted by molar-refractivity contribution is 9.11. The molecular weight excluding hydrogens is 2050 g/mol. The summed E-state index contributed by atoms with van der Waals surface area (Å²) in [6.07, 6.45) is -13.3. The molecule has 28 nitrogen and oxygen atoms in total. The largest absolute Gasteiger partial charge is 0.497 e. The first-order chi connectivity index (χ1) is 64.9. The van der Waals surface area contributed by atoms with Crippen molar-refractivity contribution < 1.29 is 127 Å². The Kier molecular flexibility index (Phi) is 36.2. The van der Waals surface area contributed by atoms with E-state index >= 15 is 4.39 Å². The number of rotatable bonds is 26. The molecule has 7 aromatic heterocycles. The van der Waals surface area contributed by atoms with Gasteiger partial charge in [0.05, 0.1) is 58.4 Å². The van der Waals surface area contributed by atoms with E-state index in [1.807, 2.05) is 50.2 Å². The highest BCUT2D eigenvalue weighted by Gasteiger charge is 2.55. The number of carbonyl (C=O) groups excluding carboxylic acids is 2. The van der Waals surface area contributed by atoms with Gasteiger partial charge in [0, 0.05) is 37.3 Å². The fourth-order valence-electron chi connectivity index (χ4n) is 14.8. The molecule has 14 rings (SSSR count). The van der Waals surface area contributed by atoms with Gasteiger partial charge < -0.3 is 59.0 Å². The number of ether oxygens (including phenoxy) is 9. The van der Waals surface area contributed by atoms with Gasteiger partial charge in [0.25, 0.3) is 18.1 Å². The lowest BCUT2D eigenvalue weighted by Gasteiger charge is -2.40. The second-order valence-corrected chi connectivity index (χ2v) is 34.1. The summed E-state index contributed by atoms with van der Waals surface area (Å²) >= 11 is 9.39. The number of amidine groups is 3. The van der Waals surface area contributed by atoms with Crippen LogP contribution in [0.2, 0.25) is 0 Å². The molecule has 15 atom stereocenters. The molecule has 137 heavy (non-hydrogen) atoms. The number of ketones is 2. The standard InChI is InChI=1S/C29H31BrF3N3O3.C19H18F4N4O3.C18H17F4N5O3.C12H12BrF3N2O.C11H11BrF3N3O/c1-17-6-7-20(23(12-17)38-5)16-36(15-19-8-9-21(37-4)13-18(19)2)28-35-29(3,26(33)24(14-31)39-28)27-22(32)10-11-25(30)34-27;1-10-27-19(2,17(23)15(6-20)30-10)18-12(22)4-3-11(26-18)5-14(28)13-7-25-16(8-24-13)29-9-21;1-18(15(22)13(5-19)30-17(23)27-18)16-10(21)3-2-9(26-16)4-12(28)11-6-25-14(7-24-11)29-8-20;1-6-18-12(2,10(16)8(5-14)19-6)11-7(15)3-4-9(13)17-11;1-11(9-5(14)2-3-7(12)17-9)8(15)6(4-13)19-10(16)18-11/h6-13,24,26H,14-16H2,1-5H3;3-4,7-8,15,17H,5-6,9H2,1-2H3;2-3,6-7,13,15H,4-5,8H2,1H3,(H2,23,27);3-4,8,10H,5H2,1-2H3;2-3,6,8H,4H2,1H3,(H2,16,18)/t24-,26+,29+;15-,17+,19+;13-,15+,18+;8-,10+,12+;6-,8+,11+/m11111/s1. The third-order valence-electron chi connectivity index (χ3n) is 21.9. The zero-order valence-corrected chi connectivity index (χ0v) is 79.3. The predicted octanol–water partition coefficient (Wildman–Crippen LogP) is 17.2.